The summed E-state index contributed by atoms with van der Waals surface area (Å²) in [5.74, 6) is 2.60. The molecule has 0 aliphatic rings. The first-order chi connectivity index (χ1) is 10.9. The van der Waals surface area contributed by atoms with Gasteiger partial charge in [-0.15, -0.1) is 10.2 Å². The van der Waals surface area contributed by atoms with Gasteiger partial charge in [-0.3, -0.25) is 4.57 Å². The van der Waals surface area contributed by atoms with Crippen LogP contribution in [-0.2, 0) is 6.54 Å². The van der Waals surface area contributed by atoms with Crippen molar-refractivity contribution < 1.29 is 4.42 Å². The number of thioether (sulfide) groups is 1. The molecule has 3 rings (SSSR count). The summed E-state index contributed by atoms with van der Waals surface area (Å²) in [5.41, 5.74) is 1.23. The minimum atomic E-state index is 0.748. The predicted molar refractivity (Wildman–Crippen MR) is 88.9 cm³/mol. The second-order valence-electron chi connectivity index (χ2n) is 5.06. The van der Waals surface area contributed by atoms with Gasteiger partial charge in [-0.25, -0.2) is 0 Å². The largest absolute Gasteiger partial charge is 0.461 e. The van der Waals surface area contributed by atoms with Crippen LogP contribution < -0.4 is 0 Å². The van der Waals surface area contributed by atoms with Gasteiger partial charge in [0.25, 0.3) is 0 Å². The van der Waals surface area contributed by atoms with Crippen molar-refractivity contribution in [2.45, 2.75) is 31.5 Å². The quantitative estimate of drug-likeness (QED) is 0.476. The fraction of sp³-hybridized carbons (Fsp3) is 0.294. The van der Waals surface area contributed by atoms with E-state index in [4.69, 9.17) is 4.42 Å². The van der Waals surface area contributed by atoms with Gasteiger partial charge >= 0.3 is 0 Å². The molecule has 5 heteroatoms. The van der Waals surface area contributed by atoms with E-state index < -0.39 is 0 Å². The minimum Gasteiger partial charge on any atom is -0.461 e. The molecule has 0 bridgehead atoms. The third-order valence-electron chi connectivity index (χ3n) is 3.37. The SMILES string of the molecule is CCCCSc1nnc(-c2ccco2)n1Cc1ccccc1. The summed E-state index contributed by atoms with van der Waals surface area (Å²) in [4.78, 5) is 0. The lowest BCUT2D eigenvalue weighted by atomic mass is 10.2. The molecular weight excluding hydrogens is 294 g/mol. The van der Waals surface area contributed by atoms with Gasteiger partial charge in [0.15, 0.2) is 10.9 Å². The average Bonchev–Trinajstić information content (AvgIpc) is 3.19. The molecule has 3 aromatic rings. The Morgan fingerprint density at radius 3 is 2.68 bits per heavy atom. The molecule has 2 aromatic heterocycles. The molecule has 1 aromatic carbocycles. The highest BCUT2D eigenvalue weighted by atomic mass is 32.2. The molecule has 0 fully saturated rings. The summed E-state index contributed by atoms with van der Waals surface area (Å²) in [5, 5.41) is 9.64. The molecule has 0 radical (unpaired) electrons. The molecule has 4 nitrogen and oxygen atoms in total. The van der Waals surface area contributed by atoms with E-state index in [0.29, 0.717) is 0 Å². The topological polar surface area (TPSA) is 43.9 Å². The summed E-state index contributed by atoms with van der Waals surface area (Å²) in [7, 11) is 0. The van der Waals surface area contributed by atoms with Crippen LogP contribution in [0.25, 0.3) is 11.6 Å². The van der Waals surface area contributed by atoms with Crippen molar-refractivity contribution in [1.29, 1.82) is 0 Å². The van der Waals surface area contributed by atoms with Crippen LogP contribution in [0.15, 0.2) is 58.3 Å². The van der Waals surface area contributed by atoms with Crippen LogP contribution in [-0.4, -0.2) is 20.5 Å². The normalized spacial score (nSPS) is 11.0. The van der Waals surface area contributed by atoms with Gasteiger partial charge in [0.1, 0.15) is 0 Å². The van der Waals surface area contributed by atoms with Crippen molar-refractivity contribution in [3.63, 3.8) is 0 Å². The summed E-state index contributed by atoms with van der Waals surface area (Å²) in [6.45, 7) is 2.95. The average molecular weight is 313 g/mol. The molecule has 0 N–H and O–H groups in total. The van der Waals surface area contributed by atoms with Gasteiger partial charge in [-0.2, -0.15) is 0 Å². The van der Waals surface area contributed by atoms with Crippen molar-refractivity contribution in [1.82, 2.24) is 14.8 Å². The van der Waals surface area contributed by atoms with E-state index in [1.54, 1.807) is 18.0 Å². The zero-order valence-electron chi connectivity index (χ0n) is 12.6. The smallest absolute Gasteiger partial charge is 0.200 e. The van der Waals surface area contributed by atoms with Crippen molar-refractivity contribution in [2.75, 3.05) is 5.75 Å². The highest BCUT2D eigenvalue weighted by Crippen LogP contribution is 2.26. The molecule has 0 amide bonds. The number of benzene rings is 1. The molecule has 0 aliphatic carbocycles. The summed E-state index contributed by atoms with van der Waals surface area (Å²) in [6.07, 6.45) is 4.03. The van der Waals surface area contributed by atoms with Gasteiger partial charge < -0.3 is 4.42 Å². The van der Waals surface area contributed by atoms with Crippen molar-refractivity contribution in [3.8, 4) is 11.6 Å². The number of hydrogen-bond donors (Lipinski definition) is 0. The molecule has 0 saturated heterocycles. The Balaban J connectivity index is 1.90. The van der Waals surface area contributed by atoms with Gasteiger partial charge in [-0.05, 0) is 24.1 Å². The maximum Gasteiger partial charge on any atom is 0.200 e. The minimum absolute atomic E-state index is 0.748. The second-order valence-corrected chi connectivity index (χ2v) is 6.12. The predicted octanol–water partition coefficient (Wildman–Crippen LogP) is 4.48. The first-order valence-electron chi connectivity index (χ1n) is 7.52. The Labute approximate surface area is 134 Å². The van der Waals surface area contributed by atoms with E-state index in [1.807, 2.05) is 18.2 Å². The molecular formula is C17H19N3OS. The summed E-state index contributed by atoms with van der Waals surface area (Å²) < 4.78 is 7.64. The lowest BCUT2D eigenvalue weighted by Gasteiger charge is -2.09. The van der Waals surface area contributed by atoms with Crippen molar-refractivity contribution in [2.24, 2.45) is 0 Å². The van der Waals surface area contributed by atoms with Gasteiger partial charge in [-0.1, -0.05) is 55.4 Å². The zero-order chi connectivity index (χ0) is 15.2. The van der Waals surface area contributed by atoms with E-state index in [0.717, 1.165) is 29.0 Å². The van der Waals surface area contributed by atoms with E-state index >= 15 is 0 Å². The third-order valence-corrected chi connectivity index (χ3v) is 4.42. The maximum atomic E-state index is 5.50. The monoisotopic (exact) mass is 313 g/mol. The molecule has 0 saturated carbocycles. The number of furan rings is 1. The molecule has 0 aliphatic heterocycles. The van der Waals surface area contributed by atoms with E-state index in [9.17, 15) is 0 Å². The van der Waals surface area contributed by atoms with Gasteiger partial charge in [0.2, 0.25) is 5.82 Å². The Morgan fingerprint density at radius 1 is 1.09 bits per heavy atom. The molecule has 0 unspecified atom stereocenters. The molecule has 2 heterocycles. The summed E-state index contributed by atoms with van der Waals surface area (Å²) in [6, 6.07) is 14.2. The number of nitrogens with zero attached hydrogens (tertiary/aromatic N) is 3. The number of hydrogen-bond acceptors (Lipinski definition) is 4. The van der Waals surface area contributed by atoms with E-state index in [1.165, 1.54) is 18.4 Å². The molecule has 0 atom stereocenters. The lowest BCUT2D eigenvalue weighted by molar-refractivity contribution is 0.569. The molecule has 114 valence electrons. The van der Waals surface area contributed by atoms with Gasteiger partial charge in [0.05, 0.1) is 12.8 Å². The fourth-order valence-corrected chi connectivity index (χ4v) is 3.22. The highest BCUT2D eigenvalue weighted by Gasteiger charge is 2.16. The Bertz CT molecular complexity index is 692. The second kappa shape index (κ2) is 7.31. The molecule has 0 spiro atoms. The van der Waals surface area contributed by atoms with E-state index in [-0.39, 0.29) is 0 Å². The van der Waals surface area contributed by atoms with Crippen LogP contribution in [0.5, 0.6) is 0 Å². The van der Waals surface area contributed by atoms with Crippen LogP contribution in [0, 0.1) is 0 Å². The van der Waals surface area contributed by atoms with Crippen LogP contribution in [0.3, 0.4) is 0 Å². The summed E-state index contributed by atoms with van der Waals surface area (Å²) >= 11 is 1.76. The number of rotatable bonds is 7. The fourth-order valence-electron chi connectivity index (χ4n) is 2.20. The maximum absolute atomic E-state index is 5.50. The Morgan fingerprint density at radius 2 is 1.95 bits per heavy atom. The Hall–Kier alpha value is -2.01. The van der Waals surface area contributed by atoms with Crippen LogP contribution in [0.4, 0.5) is 0 Å². The van der Waals surface area contributed by atoms with Crippen LogP contribution >= 0.6 is 11.8 Å². The number of aromatic nitrogens is 3. The standard InChI is InChI=1S/C17H19N3OS/c1-2-3-12-22-17-19-18-16(15-10-7-11-21-15)20(17)13-14-8-5-4-6-9-14/h4-11H,2-3,12-13H2,1H3. The van der Waals surface area contributed by atoms with E-state index in [2.05, 4.69) is 46.0 Å². The Kier molecular flexibility index (Phi) is 4.96. The highest BCUT2D eigenvalue weighted by molar-refractivity contribution is 7.99. The number of unbranched alkanes of at least 4 members (excludes halogenated alkanes) is 1. The van der Waals surface area contributed by atoms with Crippen LogP contribution in [0.1, 0.15) is 25.3 Å². The van der Waals surface area contributed by atoms with Crippen molar-refractivity contribution in [3.05, 3.63) is 54.3 Å². The van der Waals surface area contributed by atoms with Crippen LogP contribution in [0.2, 0.25) is 0 Å². The lowest BCUT2D eigenvalue weighted by Crippen LogP contribution is -2.04. The first-order valence-corrected chi connectivity index (χ1v) is 8.51. The van der Waals surface area contributed by atoms with Crippen molar-refractivity contribution >= 4 is 11.8 Å². The molecule has 22 heavy (non-hydrogen) atoms. The first kappa shape index (κ1) is 14.9. The third kappa shape index (κ3) is 3.42. The zero-order valence-corrected chi connectivity index (χ0v) is 13.4. The van der Waals surface area contributed by atoms with Gasteiger partial charge in [0, 0.05) is 5.75 Å².